The Morgan fingerprint density at radius 2 is 2.16 bits per heavy atom. The first-order valence-electron chi connectivity index (χ1n) is 8.72. The maximum atomic E-state index is 6.10. The number of ether oxygens (including phenoxy) is 3. The van der Waals surface area contributed by atoms with Crippen molar-refractivity contribution in [2.24, 2.45) is 10.7 Å². The molecule has 1 aliphatic carbocycles. The van der Waals surface area contributed by atoms with Crippen molar-refractivity contribution in [3.8, 4) is 0 Å². The van der Waals surface area contributed by atoms with Gasteiger partial charge in [-0.05, 0) is 26.8 Å². The highest BCUT2D eigenvalue weighted by molar-refractivity contribution is 5.99. The van der Waals surface area contributed by atoms with Crippen LogP contribution in [-0.2, 0) is 20.8 Å². The van der Waals surface area contributed by atoms with Gasteiger partial charge >= 0.3 is 0 Å². The summed E-state index contributed by atoms with van der Waals surface area (Å²) in [7, 11) is 0. The Bertz CT molecular complexity index is 690. The SMILES string of the molecule is CCOCc1nc2c([nH]1)C1C(=CC=CC1OCCOC(C)C)N=C2N. The van der Waals surface area contributed by atoms with Gasteiger partial charge in [-0.1, -0.05) is 12.2 Å². The van der Waals surface area contributed by atoms with Gasteiger partial charge in [0, 0.05) is 6.61 Å². The summed E-state index contributed by atoms with van der Waals surface area (Å²) in [5, 5.41) is 0. The zero-order valence-electron chi connectivity index (χ0n) is 15.0. The normalized spacial score (nSPS) is 21.8. The molecule has 7 heteroatoms. The highest BCUT2D eigenvalue weighted by atomic mass is 16.5. The molecule has 3 rings (SSSR count). The second-order valence-electron chi connectivity index (χ2n) is 6.29. The van der Waals surface area contributed by atoms with Crippen LogP contribution in [-0.4, -0.2) is 47.8 Å². The highest BCUT2D eigenvalue weighted by Crippen LogP contribution is 2.38. The minimum Gasteiger partial charge on any atom is -0.382 e. The number of nitrogens with zero attached hydrogens (tertiary/aromatic N) is 2. The number of rotatable bonds is 8. The van der Waals surface area contributed by atoms with E-state index in [1.165, 1.54) is 0 Å². The van der Waals surface area contributed by atoms with Crippen LogP contribution < -0.4 is 5.73 Å². The van der Waals surface area contributed by atoms with Crippen molar-refractivity contribution in [1.29, 1.82) is 0 Å². The lowest BCUT2D eigenvalue weighted by molar-refractivity contribution is -0.00349. The topological polar surface area (TPSA) is 94.8 Å². The lowest BCUT2D eigenvalue weighted by atomic mass is 9.87. The summed E-state index contributed by atoms with van der Waals surface area (Å²) in [6.45, 7) is 8.11. The molecule has 2 unspecified atom stereocenters. The van der Waals surface area contributed by atoms with E-state index in [2.05, 4.69) is 15.0 Å². The molecule has 0 saturated carbocycles. The maximum absolute atomic E-state index is 6.10. The summed E-state index contributed by atoms with van der Waals surface area (Å²) in [4.78, 5) is 12.4. The van der Waals surface area contributed by atoms with Crippen LogP contribution in [0.2, 0.25) is 0 Å². The molecule has 0 saturated heterocycles. The van der Waals surface area contributed by atoms with Gasteiger partial charge in [-0.25, -0.2) is 9.98 Å². The predicted octanol–water partition coefficient (Wildman–Crippen LogP) is 2.01. The van der Waals surface area contributed by atoms with Crippen LogP contribution in [0.5, 0.6) is 0 Å². The number of hydrogen-bond acceptors (Lipinski definition) is 6. The van der Waals surface area contributed by atoms with E-state index < -0.39 is 0 Å². The van der Waals surface area contributed by atoms with Crippen LogP contribution >= 0.6 is 0 Å². The standard InChI is InChI=1S/C18H26N4O3/c1-4-23-10-14-21-16-15-12(20-18(19)17(16)22-14)6-5-7-13(15)25-9-8-24-11(2)3/h5-7,11,13,15H,4,8-10H2,1-3H3,(H2,19,20)(H,21,22). The molecule has 25 heavy (non-hydrogen) atoms. The van der Waals surface area contributed by atoms with Crippen molar-refractivity contribution in [2.45, 2.75) is 45.5 Å². The third kappa shape index (κ3) is 4.00. The molecule has 1 aromatic heterocycles. The van der Waals surface area contributed by atoms with E-state index in [-0.39, 0.29) is 18.1 Å². The Kier molecular flexibility index (Phi) is 5.67. The molecule has 7 nitrogen and oxygen atoms in total. The molecule has 1 aliphatic heterocycles. The highest BCUT2D eigenvalue weighted by Gasteiger charge is 2.36. The first kappa shape index (κ1) is 17.8. The largest absolute Gasteiger partial charge is 0.382 e. The molecule has 1 aromatic rings. The molecular weight excluding hydrogens is 320 g/mol. The number of nitrogens with one attached hydrogen (secondary N) is 1. The van der Waals surface area contributed by atoms with Gasteiger partial charge in [0.05, 0.1) is 42.7 Å². The number of hydrogen-bond donors (Lipinski definition) is 2. The quantitative estimate of drug-likeness (QED) is 0.702. The van der Waals surface area contributed by atoms with Crippen LogP contribution in [0.1, 0.15) is 43.9 Å². The molecule has 0 amide bonds. The fourth-order valence-electron chi connectivity index (χ4n) is 3.00. The zero-order valence-corrected chi connectivity index (χ0v) is 15.0. The predicted molar refractivity (Wildman–Crippen MR) is 95.4 cm³/mol. The van der Waals surface area contributed by atoms with Crippen LogP contribution in [0.25, 0.3) is 0 Å². The number of imidazole rings is 1. The Morgan fingerprint density at radius 3 is 2.92 bits per heavy atom. The van der Waals surface area contributed by atoms with Crippen LogP contribution in [0.4, 0.5) is 0 Å². The molecule has 2 heterocycles. The van der Waals surface area contributed by atoms with Crippen molar-refractivity contribution in [3.63, 3.8) is 0 Å². The van der Waals surface area contributed by atoms with Gasteiger partial charge < -0.3 is 24.9 Å². The second kappa shape index (κ2) is 7.95. The molecule has 0 bridgehead atoms. The van der Waals surface area contributed by atoms with E-state index in [0.29, 0.717) is 38.0 Å². The Morgan fingerprint density at radius 1 is 1.32 bits per heavy atom. The Balaban J connectivity index is 1.77. The molecule has 2 atom stereocenters. The molecular formula is C18H26N4O3. The molecule has 0 fully saturated rings. The Labute approximate surface area is 148 Å². The van der Waals surface area contributed by atoms with Crippen LogP contribution in [0, 0.1) is 0 Å². The molecule has 136 valence electrons. The van der Waals surface area contributed by atoms with E-state index >= 15 is 0 Å². The maximum Gasteiger partial charge on any atom is 0.151 e. The van der Waals surface area contributed by atoms with Gasteiger partial charge in [0.25, 0.3) is 0 Å². The lowest BCUT2D eigenvalue weighted by Crippen LogP contribution is -2.32. The van der Waals surface area contributed by atoms with Crippen molar-refractivity contribution >= 4 is 5.84 Å². The summed E-state index contributed by atoms with van der Waals surface area (Å²) < 4.78 is 17.0. The zero-order chi connectivity index (χ0) is 17.8. The summed E-state index contributed by atoms with van der Waals surface area (Å²) in [5.41, 5.74) is 8.61. The minimum atomic E-state index is -0.133. The van der Waals surface area contributed by atoms with E-state index in [0.717, 1.165) is 17.2 Å². The van der Waals surface area contributed by atoms with E-state index in [1.54, 1.807) is 0 Å². The van der Waals surface area contributed by atoms with Gasteiger partial charge in [0.15, 0.2) is 5.84 Å². The molecule has 0 spiro atoms. The van der Waals surface area contributed by atoms with Gasteiger partial charge in [0.1, 0.15) is 18.1 Å². The second-order valence-corrected chi connectivity index (χ2v) is 6.29. The smallest absolute Gasteiger partial charge is 0.151 e. The Hall–Kier alpha value is -1.96. The summed E-state index contributed by atoms with van der Waals surface area (Å²) >= 11 is 0. The number of nitrogens with two attached hydrogens (primary N) is 1. The number of aromatic nitrogens is 2. The number of amidine groups is 1. The fraction of sp³-hybridized carbons (Fsp3) is 0.556. The van der Waals surface area contributed by atoms with Crippen LogP contribution in [0.3, 0.4) is 0 Å². The van der Waals surface area contributed by atoms with Crippen molar-refractivity contribution < 1.29 is 14.2 Å². The van der Waals surface area contributed by atoms with E-state index in [4.69, 9.17) is 19.9 Å². The van der Waals surface area contributed by atoms with Gasteiger partial charge in [0.2, 0.25) is 0 Å². The number of aromatic amines is 1. The van der Waals surface area contributed by atoms with E-state index in [1.807, 2.05) is 39.0 Å². The first-order valence-corrected chi connectivity index (χ1v) is 8.72. The van der Waals surface area contributed by atoms with Crippen molar-refractivity contribution in [1.82, 2.24) is 9.97 Å². The summed E-state index contributed by atoms with van der Waals surface area (Å²) in [5.74, 6) is 1.13. The fourth-order valence-corrected chi connectivity index (χ4v) is 3.00. The summed E-state index contributed by atoms with van der Waals surface area (Å²) in [6, 6.07) is 0. The van der Waals surface area contributed by atoms with Crippen molar-refractivity contribution in [2.75, 3.05) is 19.8 Å². The van der Waals surface area contributed by atoms with E-state index in [9.17, 15) is 0 Å². The summed E-state index contributed by atoms with van der Waals surface area (Å²) in [6.07, 6.45) is 6.02. The van der Waals surface area contributed by atoms with Crippen LogP contribution in [0.15, 0.2) is 28.9 Å². The van der Waals surface area contributed by atoms with Gasteiger partial charge in [-0.3, -0.25) is 0 Å². The lowest BCUT2D eigenvalue weighted by Gasteiger charge is -2.30. The molecule has 0 aromatic carbocycles. The molecule has 0 radical (unpaired) electrons. The minimum absolute atomic E-state index is 0.0470. The van der Waals surface area contributed by atoms with Gasteiger partial charge in [-0.15, -0.1) is 0 Å². The molecule has 3 N–H and O–H groups in total. The average Bonchev–Trinajstić information content (AvgIpc) is 3.01. The number of H-pyrrole nitrogens is 1. The van der Waals surface area contributed by atoms with Crippen molar-refractivity contribution in [3.05, 3.63) is 41.1 Å². The molecule has 2 aliphatic rings. The number of aliphatic imine (C=N–C) groups is 1. The van der Waals surface area contributed by atoms with Gasteiger partial charge in [-0.2, -0.15) is 0 Å². The monoisotopic (exact) mass is 346 g/mol. The average molecular weight is 346 g/mol. The number of allylic oxidation sites excluding steroid dienone is 2. The first-order chi connectivity index (χ1) is 12.1. The third-order valence-electron chi connectivity index (χ3n) is 4.09. The third-order valence-corrected chi connectivity index (χ3v) is 4.09. The number of fused-ring (bicyclic) bond motifs is 3.